The van der Waals surface area contributed by atoms with Crippen molar-refractivity contribution in [2.24, 2.45) is 17.3 Å². The third-order valence-electron chi connectivity index (χ3n) is 4.95. The molecular formula is C19H36N2O4. The molecule has 1 saturated carbocycles. The maximum Gasteiger partial charge on any atom is 0.235 e. The van der Waals surface area contributed by atoms with Crippen LogP contribution < -0.4 is 10.6 Å². The highest BCUT2D eigenvalue weighted by molar-refractivity contribution is 6.05. The smallest absolute Gasteiger partial charge is 0.235 e. The molecule has 0 aromatic rings. The number of nitrogens with one attached hydrogen (secondary N) is 2. The van der Waals surface area contributed by atoms with Gasteiger partial charge >= 0.3 is 0 Å². The van der Waals surface area contributed by atoms with Crippen LogP contribution in [-0.2, 0) is 9.59 Å². The Morgan fingerprint density at radius 1 is 0.840 bits per heavy atom. The molecule has 25 heavy (non-hydrogen) atoms. The van der Waals surface area contributed by atoms with Gasteiger partial charge in [-0.3, -0.25) is 9.59 Å². The minimum Gasteiger partial charge on any atom is -0.394 e. The maximum absolute atomic E-state index is 12.9. The molecule has 0 aromatic carbocycles. The first-order valence-corrected chi connectivity index (χ1v) is 9.58. The molecule has 2 amide bonds. The van der Waals surface area contributed by atoms with Crippen molar-refractivity contribution in [3.8, 4) is 0 Å². The zero-order valence-electron chi connectivity index (χ0n) is 16.2. The number of carbonyl (C=O) groups excluding carboxylic acids is 2. The van der Waals surface area contributed by atoms with E-state index in [1.54, 1.807) is 0 Å². The van der Waals surface area contributed by atoms with Crippen molar-refractivity contribution >= 4 is 11.8 Å². The third-order valence-corrected chi connectivity index (χ3v) is 4.95. The quantitative estimate of drug-likeness (QED) is 0.447. The molecule has 2 atom stereocenters. The molecule has 0 radical (unpaired) electrons. The van der Waals surface area contributed by atoms with Gasteiger partial charge in [0, 0.05) is 0 Å². The van der Waals surface area contributed by atoms with Crippen molar-refractivity contribution < 1.29 is 19.8 Å². The number of aliphatic hydroxyl groups is 2. The van der Waals surface area contributed by atoms with Crippen LogP contribution >= 0.6 is 0 Å². The summed E-state index contributed by atoms with van der Waals surface area (Å²) in [5.41, 5.74) is -1.07. The van der Waals surface area contributed by atoms with Gasteiger partial charge in [-0.05, 0) is 37.5 Å². The van der Waals surface area contributed by atoms with Crippen LogP contribution in [0.5, 0.6) is 0 Å². The predicted molar refractivity (Wildman–Crippen MR) is 97.8 cm³/mol. The van der Waals surface area contributed by atoms with E-state index in [1.165, 1.54) is 0 Å². The summed E-state index contributed by atoms with van der Waals surface area (Å²) in [6.07, 6.45) is 4.05. The fourth-order valence-corrected chi connectivity index (χ4v) is 3.68. The van der Waals surface area contributed by atoms with Gasteiger partial charge in [-0.2, -0.15) is 0 Å². The molecule has 4 N–H and O–H groups in total. The van der Waals surface area contributed by atoms with Crippen LogP contribution in [-0.4, -0.2) is 47.3 Å². The van der Waals surface area contributed by atoms with Crippen LogP contribution in [0.4, 0.5) is 0 Å². The summed E-state index contributed by atoms with van der Waals surface area (Å²) in [5, 5.41) is 24.8. The molecule has 1 aliphatic rings. The lowest BCUT2D eigenvalue weighted by Crippen LogP contribution is -2.55. The molecule has 0 unspecified atom stereocenters. The number of hydrogen-bond donors (Lipinski definition) is 4. The molecular weight excluding hydrogens is 320 g/mol. The molecule has 0 aliphatic heterocycles. The van der Waals surface area contributed by atoms with Crippen LogP contribution in [0.25, 0.3) is 0 Å². The molecule has 0 bridgehead atoms. The average molecular weight is 357 g/mol. The van der Waals surface area contributed by atoms with Gasteiger partial charge in [-0.25, -0.2) is 0 Å². The lowest BCUT2D eigenvalue weighted by molar-refractivity contribution is -0.144. The molecule has 1 aliphatic carbocycles. The summed E-state index contributed by atoms with van der Waals surface area (Å²) in [6, 6.07) is -0.663. The van der Waals surface area contributed by atoms with Crippen LogP contribution in [0.2, 0.25) is 0 Å². The standard InChI is InChI=1S/C19H36N2O4/c1-13(2)9-15(11-22)20-17(24)19(7-5-6-8-19)18(25)21-16(12-23)10-14(3)4/h13-16,22-23H,5-12H2,1-4H3,(H,20,24)(H,21,25)/t15-,16-/m1/s1. The minimum atomic E-state index is -1.07. The first-order chi connectivity index (χ1) is 11.7. The summed E-state index contributed by atoms with van der Waals surface area (Å²) in [5.74, 6) is 0.109. The highest BCUT2D eigenvalue weighted by Crippen LogP contribution is 2.39. The van der Waals surface area contributed by atoms with E-state index < -0.39 is 5.41 Å². The maximum atomic E-state index is 12.9. The number of aliphatic hydroxyl groups excluding tert-OH is 2. The van der Waals surface area contributed by atoms with E-state index in [0.717, 1.165) is 12.8 Å². The molecule has 1 rings (SSSR count). The Bertz CT molecular complexity index is 397. The van der Waals surface area contributed by atoms with E-state index >= 15 is 0 Å². The lowest BCUT2D eigenvalue weighted by atomic mass is 9.83. The molecule has 0 heterocycles. The van der Waals surface area contributed by atoms with Crippen molar-refractivity contribution in [1.29, 1.82) is 0 Å². The van der Waals surface area contributed by atoms with Gasteiger partial charge < -0.3 is 20.8 Å². The second-order valence-electron chi connectivity index (χ2n) is 8.25. The fraction of sp³-hybridized carbons (Fsp3) is 0.895. The van der Waals surface area contributed by atoms with E-state index in [4.69, 9.17) is 0 Å². The topological polar surface area (TPSA) is 98.7 Å². The SMILES string of the molecule is CC(C)C[C@H](CO)NC(=O)C1(C(=O)N[C@@H](CO)CC(C)C)CCCC1. The Balaban J connectivity index is 2.84. The van der Waals surface area contributed by atoms with E-state index in [2.05, 4.69) is 10.6 Å². The normalized spacial score (nSPS) is 19.0. The van der Waals surface area contributed by atoms with Crippen molar-refractivity contribution in [3.05, 3.63) is 0 Å². The number of amides is 2. The van der Waals surface area contributed by atoms with Crippen LogP contribution in [0, 0.1) is 17.3 Å². The molecule has 6 heteroatoms. The Hall–Kier alpha value is -1.14. The van der Waals surface area contributed by atoms with Gasteiger partial charge in [0.15, 0.2) is 0 Å². The van der Waals surface area contributed by atoms with Crippen molar-refractivity contribution in [3.63, 3.8) is 0 Å². The molecule has 0 aromatic heterocycles. The van der Waals surface area contributed by atoms with E-state index in [1.807, 2.05) is 27.7 Å². The average Bonchev–Trinajstić information content (AvgIpc) is 3.03. The molecule has 0 saturated heterocycles. The first-order valence-electron chi connectivity index (χ1n) is 9.58. The molecule has 146 valence electrons. The Morgan fingerprint density at radius 2 is 1.20 bits per heavy atom. The Labute approximate surface area is 151 Å². The predicted octanol–water partition coefficient (Wildman–Crippen LogP) is 1.59. The summed E-state index contributed by atoms with van der Waals surface area (Å²) in [6.45, 7) is 7.87. The Kier molecular flexibility index (Phi) is 8.86. The van der Waals surface area contributed by atoms with Crippen molar-refractivity contribution in [2.75, 3.05) is 13.2 Å². The highest BCUT2D eigenvalue weighted by atomic mass is 16.3. The number of hydrogen-bond acceptors (Lipinski definition) is 4. The summed E-state index contributed by atoms with van der Waals surface area (Å²) >= 11 is 0. The minimum absolute atomic E-state index is 0.131. The van der Waals surface area contributed by atoms with Gasteiger partial charge in [-0.1, -0.05) is 40.5 Å². The van der Waals surface area contributed by atoms with Gasteiger partial charge in [-0.15, -0.1) is 0 Å². The molecule has 1 fully saturated rings. The van der Waals surface area contributed by atoms with E-state index in [9.17, 15) is 19.8 Å². The summed E-state index contributed by atoms with van der Waals surface area (Å²) < 4.78 is 0. The van der Waals surface area contributed by atoms with Crippen molar-refractivity contribution in [1.82, 2.24) is 10.6 Å². The van der Waals surface area contributed by atoms with Crippen LogP contribution in [0.3, 0.4) is 0 Å². The van der Waals surface area contributed by atoms with Gasteiger partial charge in [0.05, 0.1) is 25.3 Å². The molecule has 6 nitrogen and oxygen atoms in total. The van der Waals surface area contributed by atoms with E-state index in [0.29, 0.717) is 37.5 Å². The second-order valence-corrected chi connectivity index (χ2v) is 8.25. The number of carbonyl (C=O) groups is 2. The molecule has 0 spiro atoms. The second kappa shape index (κ2) is 10.1. The third kappa shape index (κ3) is 6.26. The largest absolute Gasteiger partial charge is 0.394 e. The lowest BCUT2D eigenvalue weighted by Gasteiger charge is -2.31. The Morgan fingerprint density at radius 3 is 1.48 bits per heavy atom. The first kappa shape index (κ1) is 21.9. The van der Waals surface area contributed by atoms with Gasteiger partial charge in [0.25, 0.3) is 0 Å². The van der Waals surface area contributed by atoms with Gasteiger partial charge in [0.2, 0.25) is 11.8 Å². The summed E-state index contributed by atoms with van der Waals surface area (Å²) in [4.78, 5) is 25.8. The van der Waals surface area contributed by atoms with Crippen LogP contribution in [0.15, 0.2) is 0 Å². The number of rotatable bonds is 10. The van der Waals surface area contributed by atoms with Crippen molar-refractivity contribution in [2.45, 2.75) is 78.3 Å². The van der Waals surface area contributed by atoms with Gasteiger partial charge in [0.1, 0.15) is 5.41 Å². The zero-order chi connectivity index (χ0) is 19.0. The zero-order valence-corrected chi connectivity index (χ0v) is 16.2. The highest BCUT2D eigenvalue weighted by Gasteiger charge is 2.48. The monoisotopic (exact) mass is 356 g/mol. The summed E-state index contributed by atoms with van der Waals surface area (Å²) in [7, 11) is 0. The fourth-order valence-electron chi connectivity index (χ4n) is 3.68. The van der Waals surface area contributed by atoms with Crippen LogP contribution in [0.1, 0.15) is 66.2 Å². The van der Waals surface area contributed by atoms with E-state index in [-0.39, 0.29) is 37.1 Å².